The van der Waals surface area contributed by atoms with E-state index in [1.54, 1.807) is 6.07 Å². The lowest BCUT2D eigenvalue weighted by atomic mass is 9.93. The Balaban J connectivity index is 1.37. The molecule has 0 bridgehead atoms. The van der Waals surface area contributed by atoms with Crippen LogP contribution in [0.15, 0.2) is 70.6 Å². The molecule has 1 aromatic carbocycles. The molecule has 0 spiro atoms. The number of benzene rings is 1. The second-order valence-corrected chi connectivity index (χ2v) is 8.32. The Labute approximate surface area is 193 Å². The molecular weight excluding hydrogens is 427 g/mol. The van der Waals surface area contributed by atoms with Gasteiger partial charge in [-0.2, -0.15) is 0 Å². The number of aliphatic imine (C=N–C) groups is 1. The third kappa shape index (κ3) is 5.96. The third-order valence-corrected chi connectivity index (χ3v) is 5.21. The first-order valence-electron chi connectivity index (χ1n) is 11.0. The smallest absolute Gasteiger partial charge is 0.205 e. The number of ether oxygens (including phenoxy) is 4. The van der Waals surface area contributed by atoms with Gasteiger partial charge in [0, 0.05) is 38.5 Å². The van der Waals surface area contributed by atoms with Crippen molar-refractivity contribution in [1.29, 1.82) is 0 Å². The van der Waals surface area contributed by atoms with Crippen LogP contribution in [0.25, 0.3) is 0 Å². The fourth-order valence-corrected chi connectivity index (χ4v) is 3.66. The maximum Gasteiger partial charge on any atom is 0.205 e. The molecule has 3 aliphatic rings. The van der Waals surface area contributed by atoms with Gasteiger partial charge < -0.3 is 23.8 Å². The number of nitrogens with one attached hydrogen (secondary N) is 1. The van der Waals surface area contributed by atoms with Crippen LogP contribution in [0.2, 0.25) is 0 Å². The van der Waals surface area contributed by atoms with E-state index in [-0.39, 0.29) is 17.9 Å². The first kappa shape index (κ1) is 22.9. The van der Waals surface area contributed by atoms with Gasteiger partial charge in [-0.25, -0.2) is 14.9 Å². The van der Waals surface area contributed by atoms with Gasteiger partial charge in [-0.15, -0.1) is 0 Å². The molecule has 2 unspecified atom stereocenters. The summed E-state index contributed by atoms with van der Waals surface area (Å²) in [5.41, 5.74) is 4.73. The number of hydrogen-bond acceptors (Lipinski definition) is 7. The van der Waals surface area contributed by atoms with E-state index < -0.39 is 11.6 Å². The lowest BCUT2D eigenvalue weighted by Crippen LogP contribution is -2.21. The summed E-state index contributed by atoms with van der Waals surface area (Å²) in [7, 11) is 0. The fraction of sp³-hybridized carbons (Fsp3) is 0.400. The van der Waals surface area contributed by atoms with Gasteiger partial charge in [-0.3, -0.25) is 0 Å². The number of fused-ring (bicyclic) bond motifs is 1. The van der Waals surface area contributed by atoms with Crippen LogP contribution in [0.4, 0.5) is 4.39 Å². The Bertz CT molecular complexity index is 1040. The summed E-state index contributed by atoms with van der Waals surface area (Å²) in [6.45, 7) is 8.44. The van der Waals surface area contributed by atoms with Crippen molar-refractivity contribution in [2.45, 2.75) is 52.0 Å². The number of dihydropyridines is 1. The minimum absolute atomic E-state index is 0.0366. The number of halogens is 1. The molecule has 0 aromatic heterocycles. The van der Waals surface area contributed by atoms with Gasteiger partial charge in [-0.1, -0.05) is 18.2 Å². The van der Waals surface area contributed by atoms with Crippen molar-refractivity contribution in [3.8, 4) is 11.5 Å². The third-order valence-electron chi connectivity index (χ3n) is 5.21. The van der Waals surface area contributed by atoms with Crippen LogP contribution in [-0.2, 0) is 14.2 Å². The fourth-order valence-electron chi connectivity index (χ4n) is 3.66. The molecule has 1 saturated heterocycles. The lowest BCUT2D eigenvalue weighted by Gasteiger charge is -2.24. The second-order valence-electron chi connectivity index (χ2n) is 8.32. The first-order chi connectivity index (χ1) is 15.8. The maximum absolute atomic E-state index is 14.2. The largest absolute Gasteiger partial charge is 0.486 e. The summed E-state index contributed by atoms with van der Waals surface area (Å²) >= 11 is 0. The van der Waals surface area contributed by atoms with E-state index in [0.29, 0.717) is 31.1 Å². The van der Waals surface area contributed by atoms with Gasteiger partial charge in [-0.05, 0) is 31.1 Å². The predicted octanol–water partition coefficient (Wildman–Crippen LogP) is 4.73. The van der Waals surface area contributed by atoms with Gasteiger partial charge in [0.25, 0.3) is 0 Å². The number of rotatable bonds is 7. The second kappa shape index (κ2) is 9.70. The van der Waals surface area contributed by atoms with Gasteiger partial charge in [0.2, 0.25) is 5.79 Å². The van der Waals surface area contributed by atoms with Crippen LogP contribution >= 0.6 is 0 Å². The lowest BCUT2D eigenvalue weighted by molar-refractivity contribution is -0.116. The van der Waals surface area contributed by atoms with Crippen LogP contribution in [-0.4, -0.2) is 37.0 Å². The molecule has 33 heavy (non-hydrogen) atoms. The summed E-state index contributed by atoms with van der Waals surface area (Å²) in [5, 5.41) is 0. The van der Waals surface area contributed by atoms with E-state index in [2.05, 4.69) is 22.6 Å². The van der Waals surface area contributed by atoms with Crippen LogP contribution < -0.4 is 15.1 Å². The van der Waals surface area contributed by atoms with Crippen LogP contribution in [0.3, 0.4) is 0 Å². The Morgan fingerprint density at radius 1 is 1.30 bits per heavy atom. The monoisotopic (exact) mass is 456 g/mol. The van der Waals surface area contributed by atoms with E-state index in [9.17, 15) is 4.39 Å². The highest BCUT2D eigenvalue weighted by molar-refractivity contribution is 5.80. The predicted molar refractivity (Wildman–Crippen MR) is 122 cm³/mol. The molecule has 2 aliphatic heterocycles. The molecule has 0 radical (unpaired) electrons. The van der Waals surface area contributed by atoms with Gasteiger partial charge in [0.1, 0.15) is 30.0 Å². The highest BCUT2D eigenvalue weighted by Crippen LogP contribution is 2.29. The summed E-state index contributed by atoms with van der Waals surface area (Å²) in [5.74, 6) is 0.839. The molecule has 0 saturated carbocycles. The highest BCUT2D eigenvalue weighted by Gasteiger charge is 2.29. The summed E-state index contributed by atoms with van der Waals surface area (Å²) in [6.07, 6.45) is 10.1. The zero-order chi connectivity index (χ0) is 23.4. The molecule has 8 heteroatoms. The zero-order valence-electron chi connectivity index (χ0n) is 19.3. The van der Waals surface area contributed by atoms with Crippen molar-refractivity contribution in [1.82, 2.24) is 5.48 Å². The molecule has 176 valence electrons. The summed E-state index contributed by atoms with van der Waals surface area (Å²) < 4.78 is 36.7. The molecule has 1 aromatic rings. The first-order valence-corrected chi connectivity index (χ1v) is 11.0. The average molecular weight is 457 g/mol. The normalized spacial score (nSPS) is 23.0. The molecule has 2 atom stereocenters. The number of hydroxylamine groups is 1. The van der Waals surface area contributed by atoms with Gasteiger partial charge in [0.15, 0.2) is 11.6 Å². The van der Waals surface area contributed by atoms with E-state index in [1.807, 2.05) is 39.8 Å². The molecule has 4 rings (SSSR count). The summed E-state index contributed by atoms with van der Waals surface area (Å²) in [6, 6.07) is 4.18. The molecule has 1 fully saturated rings. The van der Waals surface area contributed by atoms with E-state index in [4.69, 9.17) is 23.8 Å². The van der Waals surface area contributed by atoms with Crippen molar-refractivity contribution < 1.29 is 28.2 Å². The van der Waals surface area contributed by atoms with Gasteiger partial charge in [0.05, 0.1) is 18.8 Å². The van der Waals surface area contributed by atoms with Crippen LogP contribution in [0.5, 0.6) is 11.5 Å². The van der Waals surface area contributed by atoms with Crippen molar-refractivity contribution in [3.05, 3.63) is 71.4 Å². The molecule has 7 nitrogen and oxygen atoms in total. The Kier molecular flexibility index (Phi) is 6.74. The van der Waals surface area contributed by atoms with E-state index in [0.717, 1.165) is 17.0 Å². The number of hydrogen-bond donors (Lipinski definition) is 1. The highest BCUT2D eigenvalue weighted by atomic mass is 19.1. The number of nitrogens with zero attached hydrogens (tertiary/aromatic N) is 1. The average Bonchev–Trinajstić information content (AvgIpc) is 3.11. The Hall–Kier alpha value is -3.26. The zero-order valence-corrected chi connectivity index (χ0v) is 19.3. The molecule has 1 aliphatic carbocycles. The molecule has 1 N–H and O–H groups in total. The Morgan fingerprint density at radius 3 is 2.88 bits per heavy atom. The molecule has 0 amide bonds. The minimum Gasteiger partial charge on any atom is -0.486 e. The maximum atomic E-state index is 14.2. The summed E-state index contributed by atoms with van der Waals surface area (Å²) in [4.78, 5) is 10.1. The SMILES string of the molecule is CCOC1=NC2C=CC(C(C)Oc3cc(F)cc(ONC=C4COC(C)(C)O4)c3)=CC2=CC1. The van der Waals surface area contributed by atoms with Crippen LogP contribution in [0.1, 0.15) is 34.1 Å². The van der Waals surface area contributed by atoms with Crippen molar-refractivity contribution in [2.75, 3.05) is 13.2 Å². The van der Waals surface area contributed by atoms with Crippen molar-refractivity contribution >= 4 is 5.90 Å². The van der Waals surface area contributed by atoms with Gasteiger partial charge >= 0.3 is 0 Å². The topological polar surface area (TPSA) is 70.5 Å². The van der Waals surface area contributed by atoms with E-state index >= 15 is 0 Å². The van der Waals surface area contributed by atoms with E-state index in [1.165, 1.54) is 18.3 Å². The quantitative estimate of drug-likeness (QED) is 0.598. The molecular formula is C25H29FN2O5. The minimum atomic E-state index is -0.669. The van der Waals surface area contributed by atoms with Crippen LogP contribution in [0, 0.1) is 5.82 Å². The van der Waals surface area contributed by atoms with Crippen molar-refractivity contribution in [3.63, 3.8) is 0 Å². The van der Waals surface area contributed by atoms with Crippen molar-refractivity contribution in [2.24, 2.45) is 4.99 Å². The standard InChI is InChI=1S/C25H29FN2O5/c1-5-29-24-9-7-18-10-17(6-8-23(18)28-24)16(2)31-20-11-19(26)12-21(13-20)33-27-14-22-15-30-25(3,4)32-22/h6-8,10-14,16,23,27H,5,9,15H2,1-4H3. The Morgan fingerprint density at radius 2 is 2.12 bits per heavy atom. The molecule has 2 heterocycles.